The number of anilines is 1. The Kier molecular flexibility index (Phi) is 4.45. The predicted octanol–water partition coefficient (Wildman–Crippen LogP) is 2.54. The first-order valence-electron chi connectivity index (χ1n) is 9.98. The molecule has 0 spiro atoms. The molecule has 0 radical (unpaired) electrons. The van der Waals surface area contributed by atoms with Crippen molar-refractivity contribution in [1.82, 2.24) is 19.4 Å². The summed E-state index contributed by atoms with van der Waals surface area (Å²) in [5.74, 6) is 0.488. The molecule has 0 saturated carbocycles. The average molecular weight is 439 g/mol. The van der Waals surface area contributed by atoms with Crippen LogP contribution in [0.1, 0.15) is 37.6 Å². The molecule has 1 fully saturated rings. The Hall–Kier alpha value is -3.11. The number of hydrogen-bond acceptors (Lipinski definition) is 7. The third-order valence-electron chi connectivity index (χ3n) is 5.96. The maximum Gasteiger partial charge on any atom is 0.276 e. The molecule has 0 aliphatic carbocycles. The van der Waals surface area contributed by atoms with E-state index in [4.69, 9.17) is 4.52 Å². The smallest absolute Gasteiger partial charge is 0.276 e. The number of pyridine rings is 1. The van der Waals surface area contributed by atoms with E-state index in [0.717, 1.165) is 0 Å². The Labute approximate surface area is 179 Å². The number of rotatable bonds is 4. The lowest BCUT2D eigenvalue weighted by Gasteiger charge is -2.19. The Morgan fingerprint density at radius 1 is 1.23 bits per heavy atom. The number of carbonyl (C=O) groups excluding carboxylic acids is 1. The van der Waals surface area contributed by atoms with Crippen LogP contribution in [0.25, 0.3) is 11.6 Å². The van der Waals surface area contributed by atoms with Gasteiger partial charge in [0.25, 0.3) is 5.89 Å². The summed E-state index contributed by atoms with van der Waals surface area (Å²) in [6.07, 6.45) is 2.24. The van der Waals surface area contributed by atoms with Crippen molar-refractivity contribution < 1.29 is 17.7 Å². The number of sulfonamides is 1. The van der Waals surface area contributed by atoms with Crippen LogP contribution in [0, 0.1) is 0 Å². The topological polar surface area (TPSA) is 118 Å². The van der Waals surface area contributed by atoms with Gasteiger partial charge in [0.15, 0.2) is 5.82 Å². The van der Waals surface area contributed by atoms with Crippen LogP contribution in [-0.4, -0.2) is 46.8 Å². The lowest BCUT2D eigenvalue weighted by atomic mass is 9.86. The van der Waals surface area contributed by atoms with Crippen LogP contribution >= 0.6 is 0 Å². The molecule has 1 amide bonds. The third-order valence-corrected chi connectivity index (χ3v) is 7.82. The normalized spacial score (nSPS) is 20.6. The minimum Gasteiger partial charge on any atom is -0.332 e. The first-order chi connectivity index (χ1) is 14.8. The van der Waals surface area contributed by atoms with Gasteiger partial charge in [0.2, 0.25) is 15.9 Å². The van der Waals surface area contributed by atoms with Crippen molar-refractivity contribution in [1.29, 1.82) is 0 Å². The van der Waals surface area contributed by atoms with E-state index in [9.17, 15) is 13.2 Å². The van der Waals surface area contributed by atoms with E-state index in [1.165, 1.54) is 10.4 Å². The van der Waals surface area contributed by atoms with Gasteiger partial charge in [0.1, 0.15) is 5.69 Å². The van der Waals surface area contributed by atoms with Gasteiger partial charge in [-0.2, -0.15) is 9.29 Å². The van der Waals surface area contributed by atoms with Crippen molar-refractivity contribution in [3.8, 4) is 11.6 Å². The van der Waals surface area contributed by atoms with Crippen LogP contribution in [0.4, 0.5) is 5.69 Å². The number of hydrogen-bond donors (Lipinski definition) is 1. The van der Waals surface area contributed by atoms with Crippen LogP contribution in [0.5, 0.6) is 0 Å². The SMILES string of the molecule is CC1(C)C(=O)Nc2ccc(S(=O)(=O)N3CCC(c4noc(-c5ccccn5)n4)C3)cc21. The molecule has 160 valence electrons. The first kappa shape index (κ1) is 19.8. The summed E-state index contributed by atoms with van der Waals surface area (Å²) in [5, 5.41) is 6.85. The van der Waals surface area contributed by atoms with Crippen molar-refractivity contribution in [2.45, 2.75) is 36.5 Å². The molecule has 3 aromatic rings. The molecule has 5 rings (SSSR count). The van der Waals surface area contributed by atoms with Gasteiger partial charge in [0.05, 0.1) is 10.3 Å². The number of aromatic nitrogens is 3. The zero-order valence-corrected chi connectivity index (χ0v) is 17.9. The molecule has 1 N–H and O–H groups in total. The lowest BCUT2D eigenvalue weighted by molar-refractivity contribution is -0.119. The predicted molar refractivity (Wildman–Crippen MR) is 112 cm³/mol. The van der Waals surface area contributed by atoms with Gasteiger partial charge in [-0.3, -0.25) is 9.78 Å². The Morgan fingerprint density at radius 2 is 2.06 bits per heavy atom. The van der Waals surface area contributed by atoms with Gasteiger partial charge < -0.3 is 9.84 Å². The van der Waals surface area contributed by atoms with Gasteiger partial charge >= 0.3 is 0 Å². The molecule has 1 aromatic carbocycles. The van der Waals surface area contributed by atoms with E-state index in [1.54, 1.807) is 44.3 Å². The molecule has 1 saturated heterocycles. The zero-order valence-electron chi connectivity index (χ0n) is 17.1. The molecule has 2 aromatic heterocycles. The van der Waals surface area contributed by atoms with Gasteiger partial charge in [-0.1, -0.05) is 11.2 Å². The number of nitrogens with one attached hydrogen (secondary N) is 1. The van der Waals surface area contributed by atoms with Crippen LogP contribution in [-0.2, 0) is 20.2 Å². The highest BCUT2D eigenvalue weighted by atomic mass is 32.2. The molecule has 31 heavy (non-hydrogen) atoms. The van der Waals surface area contributed by atoms with Gasteiger partial charge in [0, 0.05) is 30.9 Å². The van der Waals surface area contributed by atoms with Gasteiger partial charge in [-0.25, -0.2) is 8.42 Å². The van der Waals surface area contributed by atoms with Gasteiger partial charge in [-0.15, -0.1) is 0 Å². The quantitative estimate of drug-likeness (QED) is 0.663. The van der Waals surface area contributed by atoms with Crippen LogP contribution in [0.2, 0.25) is 0 Å². The highest BCUT2D eigenvalue weighted by Gasteiger charge is 2.41. The Balaban J connectivity index is 1.37. The standard InChI is InChI=1S/C21H21N5O4S/c1-21(2)15-11-14(6-7-16(15)23-20(21)27)31(28,29)26-10-8-13(12-26)18-24-19(30-25-18)17-5-3-4-9-22-17/h3-7,9,11,13H,8,10,12H2,1-2H3,(H,23,27). The average Bonchev–Trinajstić information content (AvgIpc) is 3.48. The fraction of sp³-hybridized carbons (Fsp3) is 0.333. The Bertz CT molecular complexity index is 1270. The molecular weight excluding hydrogens is 418 g/mol. The maximum absolute atomic E-state index is 13.3. The summed E-state index contributed by atoms with van der Waals surface area (Å²) in [6.45, 7) is 4.19. The number of amides is 1. The summed E-state index contributed by atoms with van der Waals surface area (Å²) in [4.78, 5) is 21.0. The summed E-state index contributed by atoms with van der Waals surface area (Å²) in [5.41, 5.74) is 1.14. The van der Waals surface area contributed by atoms with Crippen LogP contribution in [0.15, 0.2) is 52.0 Å². The van der Waals surface area contributed by atoms with Crippen LogP contribution < -0.4 is 5.32 Å². The Morgan fingerprint density at radius 3 is 2.84 bits per heavy atom. The molecule has 0 bridgehead atoms. The fourth-order valence-corrected chi connectivity index (χ4v) is 5.54. The molecule has 10 heteroatoms. The van der Waals surface area contributed by atoms with E-state index in [0.29, 0.717) is 41.6 Å². The second-order valence-corrected chi connectivity index (χ2v) is 10.2. The summed E-state index contributed by atoms with van der Waals surface area (Å²) in [6, 6.07) is 10.2. The number of nitrogens with zero attached hydrogens (tertiary/aromatic N) is 4. The lowest BCUT2D eigenvalue weighted by Crippen LogP contribution is -2.29. The fourth-order valence-electron chi connectivity index (χ4n) is 4.01. The van der Waals surface area contributed by atoms with Crippen molar-refractivity contribution >= 4 is 21.6 Å². The number of fused-ring (bicyclic) bond motifs is 1. The number of benzene rings is 1. The van der Waals surface area contributed by atoms with E-state index in [2.05, 4.69) is 20.4 Å². The molecule has 2 aliphatic heterocycles. The molecule has 9 nitrogen and oxygen atoms in total. The zero-order chi connectivity index (χ0) is 21.8. The summed E-state index contributed by atoms with van der Waals surface area (Å²) in [7, 11) is -3.72. The summed E-state index contributed by atoms with van der Waals surface area (Å²) >= 11 is 0. The minimum absolute atomic E-state index is 0.140. The minimum atomic E-state index is -3.72. The molecular formula is C21H21N5O4S. The molecule has 1 unspecified atom stereocenters. The number of carbonyl (C=O) groups is 1. The molecule has 4 heterocycles. The monoisotopic (exact) mass is 439 g/mol. The second-order valence-electron chi connectivity index (χ2n) is 8.31. The first-order valence-corrected chi connectivity index (χ1v) is 11.4. The van der Waals surface area contributed by atoms with E-state index in [1.807, 2.05) is 6.07 Å². The summed E-state index contributed by atoms with van der Waals surface area (Å²) < 4.78 is 33.3. The maximum atomic E-state index is 13.3. The van der Waals surface area contributed by atoms with Crippen molar-refractivity contribution in [3.63, 3.8) is 0 Å². The van der Waals surface area contributed by atoms with Crippen molar-refractivity contribution in [2.75, 3.05) is 18.4 Å². The van der Waals surface area contributed by atoms with E-state index in [-0.39, 0.29) is 23.3 Å². The van der Waals surface area contributed by atoms with E-state index >= 15 is 0 Å². The second kappa shape index (κ2) is 6.96. The highest BCUT2D eigenvalue weighted by Crippen LogP contribution is 2.39. The molecule has 1 atom stereocenters. The van der Waals surface area contributed by atoms with Crippen molar-refractivity contribution in [3.05, 3.63) is 54.0 Å². The van der Waals surface area contributed by atoms with Crippen LogP contribution in [0.3, 0.4) is 0 Å². The third kappa shape index (κ3) is 3.22. The largest absolute Gasteiger partial charge is 0.332 e. The van der Waals surface area contributed by atoms with Gasteiger partial charge in [-0.05, 0) is 56.2 Å². The molecule has 2 aliphatic rings. The van der Waals surface area contributed by atoms with E-state index < -0.39 is 15.4 Å². The van der Waals surface area contributed by atoms with Crippen molar-refractivity contribution in [2.24, 2.45) is 0 Å². The highest BCUT2D eigenvalue weighted by molar-refractivity contribution is 7.89.